The molecule has 2 rings (SSSR count). The first-order valence-corrected chi connectivity index (χ1v) is 8.69. The van der Waals surface area contributed by atoms with Crippen LogP contribution >= 0.6 is 0 Å². The third-order valence-electron chi connectivity index (χ3n) is 5.51. The van der Waals surface area contributed by atoms with E-state index in [-0.39, 0.29) is 6.04 Å². The molecule has 2 N–H and O–H groups in total. The van der Waals surface area contributed by atoms with E-state index in [0.29, 0.717) is 12.1 Å². The highest BCUT2D eigenvalue weighted by molar-refractivity contribution is 5.20. The van der Waals surface area contributed by atoms with Crippen molar-refractivity contribution in [3.05, 3.63) is 35.9 Å². The zero-order valence-corrected chi connectivity index (χ0v) is 14.0. The fourth-order valence-electron chi connectivity index (χ4n) is 3.92. The molecular formula is C19H32N2. The Hall–Kier alpha value is -0.860. The summed E-state index contributed by atoms with van der Waals surface area (Å²) in [7, 11) is 2.29. The average molecular weight is 288 g/mol. The summed E-state index contributed by atoms with van der Waals surface area (Å²) in [5.41, 5.74) is 7.83. The number of likely N-dealkylation sites (N-methyl/N-ethyl adjacent to an activating group) is 1. The van der Waals surface area contributed by atoms with Gasteiger partial charge < -0.3 is 5.73 Å². The SMILES string of the molecule is CCC1CCC(N(C)C(CC)C(N)c2ccccc2)CC1. The standard InChI is InChI=1S/C19H32N2/c1-4-15-11-13-17(14-12-15)21(3)18(5-2)19(20)16-9-7-6-8-10-16/h6-10,15,17-19H,4-5,11-14,20H2,1-3H3. The Morgan fingerprint density at radius 1 is 1.10 bits per heavy atom. The summed E-state index contributed by atoms with van der Waals surface area (Å²) in [4.78, 5) is 2.57. The largest absolute Gasteiger partial charge is 0.323 e. The van der Waals surface area contributed by atoms with Crippen molar-refractivity contribution in [2.75, 3.05) is 7.05 Å². The predicted molar refractivity (Wildman–Crippen MR) is 91.2 cm³/mol. The Morgan fingerprint density at radius 2 is 1.71 bits per heavy atom. The van der Waals surface area contributed by atoms with Gasteiger partial charge in [0.1, 0.15) is 0 Å². The van der Waals surface area contributed by atoms with Gasteiger partial charge in [-0.2, -0.15) is 0 Å². The van der Waals surface area contributed by atoms with Crippen molar-refractivity contribution in [1.82, 2.24) is 4.90 Å². The lowest BCUT2D eigenvalue weighted by Gasteiger charge is -2.41. The number of nitrogens with two attached hydrogens (primary N) is 1. The maximum Gasteiger partial charge on any atom is 0.0452 e. The average Bonchev–Trinajstić information content (AvgIpc) is 2.56. The van der Waals surface area contributed by atoms with Crippen LogP contribution in [0.1, 0.15) is 64.0 Å². The molecule has 0 aliphatic heterocycles. The smallest absolute Gasteiger partial charge is 0.0452 e. The van der Waals surface area contributed by atoms with Crippen LogP contribution in [0, 0.1) is 5.92 Å². The second kappa shape index (κ2) is 7.95. The highest BCUT2D eigenvalue weighted by atomic mass is 15.2. The molecule has 0 heterocycles. The minimum atomic E-state index is 0.116. The summed E-state index contributed by atoms with van der Waals surface area (Å²) in [6, 6.07) is 11.8. The Kier molecular flexibility index (Phi) is 6.25. The molecule has 0 aromatic heterocycles. The first kappa shape index (κ1) is 16.5. The topological polar surface area (TPSA) is 29.3 Å². The molecule has 2 atom stereocenters. The van der Waals surface area contributed by atoms with Gasteiger partial charge in [-0.1, -0.05) is 50.6 Å². The molecule has 1 saturated carbocycles. The van der Waals surface area contributed by atoms with E-state index in [4.69, 9.17) is 5.73 Å². The lowest BCUT2D eigenvalue weighted by molar-refractivity contribution is 0.102. The van der Waals surface area contributed by atoms with Crippen LogP contribution in [0.15, 0.2) is 30.3 Å². The molecule has 1 aliphatic carbocycles. The molecule has 2 unspecified atom stereocenters. The summed E-state index contributed by atoms with van der Waals surface area (Å²) < 4.78 is 0. The van der Waals surface area contributed by atoms with Crippen LogP contribution in [0.3, 0.4) is 0 Å². The number of rotatable bonds is 6. The molecule has 0 amide bonds. The lowest BCUT2D eigenvalue weighted by Crippen LogP contribution is -2.46. The van der Waals surface area contributed by atoms with E-state index in [2.05, 4.69) is 56.1 Å². The van der Waals surface area contributed by atoms with Crippen LogP contribution in [0.2, 0.25) is 0 Å². The third kappa shape index (κ3) is 4.08. The van der Waals surface area contributed by atoms with E-state index >= 15 is 0 Å². The van der Waals surface area contributed by atoms with E-state index < -0.39 is 0 Å². The maximum absolute atomic E-state index is 6.57. The van der Waals surface area contributed by atoms with Gasteiger partial charge in [-0.15, -0.1) is 0 Å². The first-order chi connectivity index (χ1) is 10.2. The first-order valence-electron chi connectivity index (χ1n) is 8.69. The molecule has 0 spiro atoms. The summed E-state index contributed by atoms with van der Waals surface area (Å²) in [5.74, 6) is 0.956. The van der Waals surface area contributed by atoms with Crippen LogP contribution in [-0.2, 0) is 0 Å². The molecule has 0 radical (unpaired) electrons. The van der Waals surface area contributed by atoms with Gasteiger partial charge >= 0.3 is 0 Å². The minimum absolute atomic E-state index is 0.116. The molecule has 1 aliphatic rings. The van der Waals surface area contributed by atoms with Crippen molar-refractivity contribution in [1.29, 1.82) is 0 Å². The van der Waals surface area contributed by atoms with Crippen molar-refractivity contribution in [3.8, 4) is 0 Å². The van der Waals surface area contributed by atoms with Crippen LogP contribution in [0.5, 0.6) is 0 Å². The van der Waals surface area contributed by atoms with Gasteiger partial charge in [-0.3, -0.25) is 4.90 Å². The normalized spacial score (nSPS) is 25.8. The second-order valence-electron chi connectivity index (χ2n) is 6.66. The summed E-state index contributed by atoms with van der Waals surface area (Å²) >= 11 is 0. The molecule has 0 bridgehead atoms. The summed E-state index contributed by atoms with van der Waals surface area (Å²) in [6.07, 6.45) is 7.92. The molecule has 2 nitrogen and oxygen atoms in total. The monoisotopic (exact) mass is 288 g/mol. The van der Waals surface area contributed by atoms with Gasteiger partial charge in [0.25, 0.3) is 0 Å². The minimum Gasteiger partial charge on any atom is -0.323 e. The van der Waals surface area contributed by atoms with Crippen LogP contribution in [0.25, 0.3) is 0 Å². The number of hydrogen-bond donors (Lipinski definition) is 1. The zero-order valence-electron chi connectivity index (χ0n) is 14.0. The van der Waals surface area contributed by atoms with Crippen LogP contribution < -0.4 is 5.73 Å². The van der Waals surface area contributed by atoms with E-state index in [1.54, 1.807) is 0 Å². The molecular weight excluding hydrogens is 256 g/mol. The molecule has 118 valence electrons. The van der Waals surface area contributed by atoms with Crippen LogP contribution in [-0.4, -0.2) is 24.0 Å². The Bertz CT molecular complexity index is 395. The number of nitrogens with zero attached hydrogens (tertiary/aromatic N) is 1. The Morgan fingerprint density at radius 3 is 2.24 bits per heavy atom. The number of hydrogen-bond acceptors (Lipinski definition) is 2. The molecule has 1 aromatic rings. The Balaban J connectivity index is 2.00. The van der Waals surface area contributed by atoms with Gasteiger partial charge in [-0.05, 0) is 50.6 Å². The molecule has 1 aromatic carbocycles. The van der Waals surface area contributed by atoms with Gasteiger partial charge in [0.2, 0.25) is 0 Å². The van der Waals surface area contributed by atoms with E-state index in [1.165, 1.54) is 37.7 Å². The van der Waals surface area contributed by atoms with Crippen molar-refractivity contribution in [2.45, 2.75) is 70.5 Å². The molecule has 1 fully saturated rings. The highest BCUT2D eigenvalue weighted by Gasteiger charge is 2.29. The molecule has 2 heteroatoms. The van der Waals surface area contributed by atoms with Crippen molar-refractivity contribution < 1.29 is 0 Å². The zero-order chi connectivity index (χ0) is 15.2. The van der Waals surface area contributed by atoms with Gasteiger partial charge in [0.15, 0.2) is 0 Å². The van der Waals surface area contributed by atoms with Crippen molar-refractivity contribution in [3.63, 3.8) is 0 Å². The van der Waals surface area contributed by atoms with Crippen molar-refractivity contribution in [2.24, 2.45) is 11.7 Å². The second-order valence-corrected chi connectivity index (χ2v) is 6.66. The summed E-state index contributed by atoms with van der Waals surface area (Å²) in [6.45, 7) is 4.59. The lowest BCUT2D eigenvalue weighted by atomic mass is 9.83. The van der Waals surface area contributed by atoms with Gasteiger partial charge in [-0.25, -0.2) is 0 Å². The number of benzene rings is 1. The maximum atomic E-state index is 6.57. The van der Waals surface area contributed by atoms with E-state index in [1.807, 2.05) is 0 Å². The fraction of sp³-hybridized carbons (Fsp3) is 0.684. The van der Waals surface area contributed by atoms with Gasteiger partial charge in [0.05, 0.1) is 0 Å². The van der Waals surface area contributed by atoms with E-state index in [0.717, 1.165) is 12.3 Å². The molecule has 0 saturated heterocycles. The van der Waals surface area contributed by atoms with Crippen LogP contribution in [0.4, 0.5) is 0 Å². The quantitative estimate of drug-likeness (QED) is 0.842. The van der Waals surface area contributed by atoms with Gasteiger partial charge in [0, 0.05) is 18.1 Å². The predicted octanol–water partition coefficient (Wildman–Crippen LogP) is 4.37. The third-order valence-corrected chi connectivity index (χ3v) is 5.51. The van der Waals surface area contributed by atoms with Crippen molar-refractivity contribution >= 4 is 0 Å². The van der Waals surface area contributed by atoms with E-state index in [9.17, 15) is 0 Å². The Labute approximate surface area is 130 Å². The summed E-state index contributed by atoms with van der Waals surface area (Å²) in [5, 5.41) is 0. The molecule has 21 heavy (non-hydrogen) atoms. The highest BCUT2D eigenvalue weighted by Crippen LogP contribution is 2.32. The fourth-order valence-corrected chi connectivity index (χ4v) is 3.92.